The van der Waals surface area contributed by atoms with E-state index in [-0.39, 0.29) is 15.5 Å². The molecule has 2 N–H and O–H groups in total. The standard InChI is InChI=1S/C8H11NO5S2/c1-14-7-4-3-6(15(2,10)11)5-8(7)16(9,12)13/h3-5H,1-2H3,(H2,9,12,13). The van der Waals surface area contributed by atoms with Crippen LogP contribution in [-0.4, -0.2) is 30.2 Å². The number of rotatable bonds is 3. The van der Waals surface area contributed by atoms with E-state index in [1.54, 1.807) is 0 Å². The second-order valence-corrected chi connectivity index (χ2v) is 6.68. The van der Waals surface area contributed by atoms with Crippen molar-refractivity contribution >= 4 is 19.9 Å². The Morgan fingerprint density at radius 3 is 2.12 bits per heavy atom. The third-order valence-corrected chi connectivity index (χ3v) is 3.91. The van der Waals surface area contributed by atoms with Crippen molar-refractivity contribution in [1.29, 1.82) is 0 Å². The molecule has 1 rings (SSSR count). The van der Waals surface area contributed by atoms with Gasteiger partial charge < -0.3 is 4.74 Å². The van der Waals surface area contributed by atoms with Gasteiger partial charge in [-0.3, -0.25) is 0 Å². The number of ether oxygens (including phenoxy) is 1. The molecule has 0 aliphatic heterocycles. The van der Waals surface area contributed by atoms with E-state index in [0.717, 1.165) is 12.3 Å². The molecule has 0 aliphatic rings. The Morgan fingerprint density at radius 2 is 1.75 bits per heavy atom. The van der Waals surface area contributed by atoms with E-state index in [0.29, 0.717) is 0 Å². The summed E-state index contributed by atoms with van der Waals surface area (Å²) in [5.41, 5.74) is 0. The largest absolute Gasteiger partial charge is 0.495 e. The van der Waals surface area contributed by atoms with Crippen LogP contribution in [-0.2, 0) is 19.9 Å². The van der Waals surface area contributed by atoms with Crippen LogP contribution in [0.15, 0.2) is 28.0 Å². The second-order valence-electron chi connectivity index (χ2n) is 3.13. The first-order chi connectivity index (χ1) is 7.16. The van der Waals surface area contributed by atoms with Crippen molar-refractivity contribution in [2.45, 2.75) is 9.79 Å². The molecule has 0 fully saturated rings. The van der Waals surface area contributed by atoms with Crippen molar-refractivity contribution in [1.82, 2.24) is 0 Å². The van der Waals surface area contributed by atoms with Crippen LogP contribution in [0.3, 0.4) is 0 Å². The van der Waals surface area contributed by atoms with Gasteiger partial charge in [0.1, 0.15) is 10.6 Å². The van der Waals surface area contributed by atoms with Gasteiger partial charge in [0.15, 0.2) is 9.84 Å². The summed E-state index contributed by atoms with van der Waals surface area (Å²) in [5.74, 6) is 0.00917. The summed E-state index contributed by atoms with van der Waals surface area (Å²) < 4.78 is 49.6. The Morgan fingerprint density at radius 1 is 1.19 bits per heavy atom. The lowest BCUT2D eigenvalue weighted by atomic mass is 10.3. The lowest BCUT2D eigenvalue weighted by Crippen LogP contribution is -2.14. The molecule has 0 aromatic heterocycles. The van der Waals surface area contributed by atoms with Crippen molar-refractivity contribution in [2.24, 2.45) is 5.14 Å². The molecule has 16 heavy (non-hydrogen) atoms. The number of primary sulfonamides is 1. The van der Waals surface area contributed by atoms with Gasteiger partial charge >= 0.3 is 0 Å². The molecule has 0 bridgehead atoms. The van der Waals surface area contributed by atoms with Crippen LogP contribution in [0.1, 0.15) is 0 Å². The van der Waals surface area contributed by atoms with Crippen LogP contribution >= 0.6 is 0 Å². The molecule has 0 spiro atoms. The average molecular weight is 265 g/mol. The zero-order valence-corrected chi connectivity index (χ0v) is 10.3. The summed E-state index contributed by atoms with van der Waals surface area (Å²) in [6.45, 7) is 0. The molecule has 0 radical (unpaired) electrons. The first kappa shape index (κ1) is 12.9. The molecule has 0 heterocycles. The summed E-state index contributed by atoms with van der Waals surface area (Å²) in [6.07, 6.45) is 0.974. The van der Waals surface area contributed by atoms with Gasteiger partial charge in [-0.25, -0.2) is 22.0 Å². The molecule has 8 heteroatoms. The van der Waals surface area contributed by atoms with Gasteiger partial charge in [-0.15, -0.1) is 0 Å². The van der Waals surface area contributed by atoms with Gasteiger partial charge in [-0.2, -0.15) is 0 Å². The predicted molar refractivity (Wildman–Crippen MR) is 57.5 cm³/mol. The van der Waals surface area contributed by atoms with Crippen LogP contribution in [0.4, 0.5) is 0 Å². The Bertz CT molecular complexity index is 603. The van der Waals surface area contributed by atoms with E-state index in [9.17, 15) is 16.8 Å². The molecule has 0 atom stereocenters. The predicted octanol–water partition coefficient (Wildman–Crippen LogP) is -0.254. The van der Waals surface area contributed by atoms with Crippen molar-refractivity contribution in [3.05, 3.63) is 18.2 Å². The number of benzene rings is 1. The minimum absolute atomic E-state index is 0.00917. The van der Waals surface area contributed by atoms with Gasteiger partial charge in [-0.1, -0.05) is 0 Å². The minimum atomic E-state index is -4.02. The summed E-state index contributed by atoms with van der Waals surface area (Å²) in [6, 6.07) is 3.47. The van der Waals surface area contributed by atoms with E-state index >= 15 is 0 Å². The fourth-order valence-electron chi connectivity index (χ4n) is 1.11. The lowest BCUT2D eigenvalue weighted by Gasteiger charge is -2.07. The number of sulfonamides is 1. The monoisotopic (exact) mass is 265 g/mol. The molecule has 90 valence electrons. The fraction of sp³-hybridized carbons (Fsp3) is 0.250. The molecule has 0 saturated heterocycles. The van der Waals surface area contributed by atoms with E-state index in [1.807, 2.05) is 0 Å². The minimum Gasteiger partial charge on any atom is -0.495 e. The SMILES string of the molecule is COc1ccc(S(C)(=O)=O)cc1S(N)(=O)=O. The molecular formula is C8H11NO5S2. The van der Waals surface area contributed by atoms with E-state index < -0.39 is 19.9 Å². The quantitative estimate of drug-likeness (QED) is 0.811. The van der Waals surface area contributed by atoms with Crippen LogP contribution in [0.2, 0.25) is 0 Å². The lowest BCUT2D eigenvalue weighted by molar-refractivity contribution is 0.402. The number of hydrogen-bond donors (Lipinski definition) is 1. The van der Waals surface area contributed by atoms with Crippen LogP contribution in [0.5, 0.6) is 5.75 Å². The highest BCUT2D eigenvalue weighted by Gasteiger charge is 2.18. The van der Waals surface area contributed by atoms with Crippen molar-refractivity contribution < 1.29 is 21.6 Å². The highest BCUT2D eigenvalue weighted by atomic mass is 32.2. The van der Waals surface area contributed by atoms with Gasteiger partial charge in [-0.05, 0) is 18.2 Å². The summed E-state index contributed by atoms with van der Waals surface area (Å²) in [7, 11) is -6.24. The first-order valence-corrected chi connectivity index (χ1v) is 7.51. The highest BCUT2D eigenvalue weighted by Crippen LogP contribution is 2.25. The highest BCUT2D eigenvalue weighted by molar-refractivity contribution is 7.91. The Labute approximate surface area is 94.0 Å². The third kappa shape index (κ3) is 2.71. The summed E-state index contributed by atoms with van der Waals surface area (Å²) >= 11 is 0. The average Bonchev–Trinajstić information content (AvgIpc) is 2.14. The zero-order chi connectivity index (χ0) is 12.6. The number of hydrogen-bond acceptors (Lipinski definition) is 5. The Hall–Kier alpha value is -1.12. The van der Waals surface area contributed by atoms with Crippen LogP contribution < -0.4 is 9.88 Å². The molecule has 1 aromatic rings. The zero-order valence-electron chi connectivity index (χ0n) is 8.67. The number of nitrogens with two attached hydrogens (primary N) is 1. The van der Waals surface area contributed by atoms with Crippen LogP contribution in [0.25, 0.3) is 0 Å². The first-order valence-electron chi connectivity index (χ1n) is 4.07. The van der Waals surface area contributed by atoms with Gasteiger partial charge in [0, 0.05) is 6.26 Å². The van der Waals surface area contributed by atoms with E-state index in [2.05, 4.69) is 0 Å². The number of methoxy groups -OCH3 is 1. The Balaban J connectivity index is 3.58. The van der Waals surface area contributed by atoms with E-state index in [1.165, 1.54) is 19.2 Å². The maximum Gasteiger partial charge on any atom is 0.241 e. The molecule has 0 saturated carbocycles. The smallest absolute Gasteiger partial charge is 0.241 e. The second kappa shape index (κ2) is 4.04. The molecule has 0 unspecified atom stereocenters. The third-order valence-electron chi connectivity index (χ3n) is 1.87. The van der Waals surface area contributed by atoms with Gasteiger partial charge in [0.05, 0.1) is 12.0 Å². The normalized spacial score (nSPS) is 12.4. The molecule has 6 nitrogen and oxygen atoms in total. The van der Waals surface area contributed by atoms with Gasteiger partial charge in [0.25, 0.3) is 0 Å². The molecular weight excluding hydrogens is 254 g/mol. The fourth-order valence-corrected chi connectivity index (χ4v) is 2.55. The molecule has 1 aromatic carbocycles. The number of sulfone groups is 1. The Kier molecular flexibility index (Phi) is 3.27. The van der Waals surface area contributed by atoms with Crippen molar-refractivity contribution in [2.75, 3.05) is 13.4 Å². The maximum atomic E-state index is 11.2. The van der Waals surface area contributed by atoms with Crippen LogP contribution in [0, 0.1) is 0 Å². The van der Waals surface area contributed by atoms with E-state index in [4.69, 9.17) is 9.88 Å². The maximum absolute atomic E-state index is 11.2. The van der Waals surface area contributed by atoms with Gasteiger partial charge in [0.2, 0.25) is 10.0 Å². The van der Waals surface area contributed by atoms with Crippen molar-refractivity contribution in [3.8, 4) is 5.75 Å². The van der Waals surface area contributed by atoms with Crippen molar-refractivity contribution in [3.63, 3.8) is 0 Å². The summed E-state index contributed by atoms with van der Waals surface area (Å²) in [5, 5.41) is 4.94. The molecule has 0 amide bonds. The summed E-state index contributed by atoms with van der Waals surface area (Å²) in [4.78, 5) is -0.477. The molecule has 0 aliphatic carbocycles. The topological polar surface area (TPSA) is 104 Å².